The average molecular weight is 320 g/mol. The fraction of sp³-hybridized carbons (Fsp3) is 0.600. The minimum Gasteiger partial charge on any atom is -0.385 e. The molecule has 2 aliphatic rings. The van der Waals surface area contributed by atoms with E-state index in [4.69, 9.17) is 4.74 Å². The summed E-state index contributed by atoms with van der Waals surface area (Å²) >= 11 is 0. The summed E-state index contributed by atoms with van der Waals surface area (Å²) in [6, 6.07) is -0.865. The van der Waals surface area contributed by atoms with Gasteiger partial charge in [0, 0.05) is 33.7 Å². The first-order valence-corrected chi connectivity index (χ1v) is 7.79. The molecule has 23 heavy (non-hydrogen) atoms. The number of carbonyl (C=O) groups excluding carboxylic acids is 2. The molecular weight excluding hydrogens is 298 g/mol. The number of rotatable bonds is 5. The molecule has 0 aromatic carbocycles. The lowest BCUT2D eigenvalue weighted by Gasteiger charge is -2.32. The number of hydrogen-bond acceptors (Lipinski definition) is 4. The fourth-order valence-corrected chi connectivity index (χ4v) is 3.17. The topological polar surface area (TPSA) is 71.0 Å². The van der Waals surface area contributed by atoms with E-state index < -0.39 is 6.04 Å². The maximum Gasteiger partial charge on any atom is 0.401 e. The number of aryl methyl sites for hydroxylation is 1. The number of amides is 3. The third kappa shape index (κ3) is 2.24. The van der Waals surface area contributed by atoms with Crippen LogP contribution in [0.3, 0.4) is 0 Å². The largest absolute Gasteiger partial charge is 0.401 e. The molecule has 0 spiro atoms. The summed E-state index contributed by atoms with van der Waals surface area (Å²) in [6.07, 6.45) is 2.79. The number of aromatic nitrogens is 2. The van der Waals surface area contributed by atoms with E-state index in [2.05, 4.69) is 9.56 Å². The van der Waals surface area contributed by atoms with E-state index in [-0.39, 0.29) is 11.9 Å². The van der Waals surface area contributed by atoms with Gasteiger partial charge in [0.2, 0.25) is 11.9 Å². The molecule has 124 valence electrons. The molecule has 8 nitrogen and oxygen atoms in total. The third-order valence-corrected chi connectivity index (χ3v) is 4.37. The van der Waals surface area contributed by atoms with Gasteiger partial charge in [0.15, 0.2) is 0 Å². The van der Waals surface area contributed by atoms with Crippen LogP contribution in [0.1, 0.15) is 25.1 Å². The van der Waals surface area contributed by atoms with Crippen LogP contribution in [0.15, 0.2) is 11.2 Å². The maximum atomic E-state index is 12.7. The first-order chi connectivity index (χ1) is 11.0. The molecule has 1 saturated heterocycles. The second kappa shape index (κ2) is 5.77. The smallest absolute Gasteiger partial charge is 0.385 e. The van der Waals surface area contributed by atoms with Crippen molar-refractivity contribution in [3.05, 3.63) is 11.9 Å². The molecule has 0 radical (unpaired) electrons. The molecule has 2 aliphatic heterocycles. The Labute approximate surface area is 134 Å². The number of ether oxygens (including phenoxy) is 1. The van der Waals surface area contributed by atoms with Crippen LogP contribution < -0.4 is 4.57 Å². The molecule has 1 aromatic heterocycles. The number of nitrogens with zero attached hydrogens (tertiary/aromatic N) is 5. The lowest BCUT2D eigenvalue weighted by Crippen LogP contribution is -2.62. The summed E-state index contributed by atoms with van der Waals surface area (Å²) in [5.41, 5.74) is 1.04. The number of imide groups is 1. The van der Waals surface area contributed by atoms with Gasteiger partial charge in [-0.15, -0.1) is 0 Å². The van der Waals surface area contributed by atoms with Crippen LogP contribution in [-0.2, 0) is 16.1 Å². The quantitative estimate of drug-likeness (QED) is 0.590. The van der Waals surface area contributed by atoms with Crippen molar-refractivity contribution in [2.45, 2.75) is 32.9 Å². The predicted molar refractivity (Wildman–Crippen MR) is 82.5 cm³/mol. The first-order valence-electron chi connectivity index (χ1n) is 7.79. The zero-order chi connectivity index (χ0) is 16.7. The molecule has 3 amide bonds. The van der Waals surface area contributed by atoms with Gasteiger partial charge in [-0.05, 0) is 13.8 Å². The van der Waals surface area contributed by atoms with E-state index in [9.17, 15) is 9.59 Å². The maximum absolute atomic E-state index is 12.7. The number of fused-ring (bicyclic) bond motifs is 3. The molecule has 1 unspecified atom stereocenters. The molecule has 8 heteroatoms. The van der Waals surface area contributed by atoms with Gasteiger partial charge in [-0.1, -0.05) is 4.99 Å². The monoisotopic (exact) mass is 320 g/mol. The van der Waals surface area contributed by atoms with Crippen molar-refractivity contribution in [1.82, 2.24) is 14.4 Å². The molecule has 0 saturated carbocycles. The third-order valence-electron chi connectivity index (χ3n) is 4.37. The van der Waals surface area contributed by atoms with Gasteiger partial charge in [-0.25, -0.2) is 13.9 Å². The van der Waals surface area contributed by atoms with Crippen LogP contribution in [0, 0.1) is 6.92 Å². The van der Waals surface area contributed by atoms with Crippen molar-refractivity contribution in [2.24, 2.45) is 4.99 Å². The standard InChI is InChI=1S/C15H22N5O3/c1-5-18-13(21)11-12(17(3)15(18)22)16-14-19(7-6-8-23-4)10(2)9-20(11)14/h9,11H,5-8H2,1-4H3/q+1. The number of imidazole rings is 1. The van der Waals surface area contributed by atoms with Crippen molar-refractivity contribution < 1.29 is 18.9 Å². The van der Waals surface area contributed by atoms with Crippen LogP contribution >= 0.6 is 0 Å². The number of methoxy groups -OCH3 is 1. The average Bonchev–Trinajstić information content (AvgIpc) is 3.02. The van der Waals surface area contributed by atoms with E-state index in [0.717, 1.165) is 18.7 Å². The van der Waals surface area contributed by atoms with Gasteiger partial charge in [0.25, 0.3) is 5.91 Å². The minimum atomic E-state index is -0.546. The number of amidine groups is 1. The number of urea groups is 1. The number of hydrogen-bond donors (Lipinski definition) is 0. The summed E-state index contributed by atoms with van der Waals surface area (Å²) in [5.74, 6) is 0.997. The second-order valence-corrected chi connectivity index (χ2v) is 5.77. The molecule has 0 bridgehead atoms. The summed E-state index contributed by atoms with van der Waals surface area (Å²) in [4.78, 5) is 32.3. The zero-order valence-electron chi connectivity index (χ0n) is 13.9. The van der Waals surface area contributed by atoms with Gasteiger partial charge in [-0.3, -0.25) is 14.6 Å². The molecular formula is C15H22N5O3+. The normalized spacial score (nSPS) is 20.0. The molecule has 3 rings (SSSR count). The zero-order valence-corrected chi connectivity index (χ0v) is 13.9. The Hall–Kier alpha value is -2.22. The summed E-state index contributed by atoms with van der Waals surface area (Å²) in [6.45, 7) is 5.57. The van der Waals surface area contributed by atoms with E-state index in [1.54, 1.807) is 21.1 Å². The Balaban J connectivity index is 2.00. The molecule has 1 fully saturated rings. The Morgan fingerprint density at radius 1 is 1.39 bits per heavy atom. The summed E-state index contributed by atoms with van der Waals surface area (Å²) in [7, 11) is 3.34. The highest BCUT2D eigenvalue weighted by Crippen LogP contribution is 2.29. The van der Waals surface area contributed by atoms with Gasteiger partial charge in [0.05, 0.1) is 6.54 Å². The van der Waals surface area contributed by atoms with Gasteiger partial charge < -0.3 is 4.74 Å². The highest BCUT2D eigenvalue weighted by atomic mass is 16.5. The Bertz CT molecular complexity index is 694. The van der Waals surface area contributed by atoms with E-state index in [1.165, 1.54) is 9.80 Å². The highest BCUT2D eigenvalue weighted by molar-refractivity contribution is 6.19. The van der Waals surface area contributed by atoms with Crippen LogP contribution in [0.5, 0.6) is 0 Å². The second-order valence-electron chi connectivity index (χ2n) is 5.77. The SMILES string of the molecule is CCN1C(=O)C2C(=Nc3n(CCCOC)c(C)c[n+]32)N(C)C1=O. The molecule has 1 atom stereocenters. The van der Waals surface area contributed by atoms with Crippen molar-refractivity contribution in [3.8, 4) is 0 Å². The number of aliphatic imine (C=N–C) groups is 1. The van der Waals surface area contributed by atoms with Crippen LogP contribution in [0.4, 0.5) is 10.7 Å². The van der Waals surface area contributed by atoms with Crippen LogP contribution in [0.25, 0.3) is 0 Å². The Kier molecular flexibility index (Phi) is 3.93. The Morgan fingerprint density at radius 2 is 2.13 bits per heavy atom. The molecule has 1 aromatic rings. The van der Waals surface area contributed by atoms with Crippen LogP contribution in [-0.4, -0.2) is 59.4 Å². The molecule has 0 N–H and O–H groups in total. The van der Waals surface area contributed by atoms with Crippen LogP contribution in [0.2, 0.25) is 0 Å². The van der Waals surface area contributed by atoms with Crippen molar-refractivity contribution in [2.75, 3.05) is 27.3 Å². The van der Waals surface area contributed by atoms with Gasteiger partial charge in [-0.2, -0.15) is 0 Å². The highest BCUT2D eigenvalue weighted by Gasteiger charge is 2.52. The van der Waals surface area contributed by atoms with Gasteiger partial charge in [0.1, 0.15) is 11.9 Å². The lowest BCUT2D eigenvalue weighted by molar-refractivity contribution is -0.677. The Morgan fingerprint density at radius 3 is 2.78 bits per heavy atom. The molecule has 0 aliphatic carbocycles. The fourth-order valence-electron chi connectivity index (χ4n) is 3.17. The van der Waals surface area contributed by atoms with E-state index in [1.807, 2.05) is 17.7 Å². The minimum absolute atomic E-state index is 0.216. The number of carbonyl (C=O) groups is 2. The van der Waals surface area contributed by atoms with Crippen molar-refractivity contribution in [1.29, 1.82) is 0 Å². The number of likely N-dealkylation sites (N-methyl/N-ethyl adjacent to an activating group) is 2. The van der Waals surface area contributed by atoms with Crippen molar-refractivity contribution in [3.63, 3.8) is 0 Å². The summed E-state index contributed by atoms with van der Waals surface area (Å²) < 4.78 is 9.03. The summed E-state index contributed by atoms with van der Waals surface area (Å²) in [5, 5.41) is 0. The van der Waals surface area contributed by atoms with Crippen molar-refractivity contribution >= 4 is 23.7 Å². The first kappa shape index (κ1) is 15.7. The van der Waals surface area contributed by atoms with Gasteiger partial charge >= 0.3 is 12.0 Å². The van der Waals surface area contributed by atoms with E-state index >= 15 is 0 Å². The predicted octanol–water partition coefficient (Wildman–Crippen LogP) is 0.619. The lowest BCUT2D eigenvalue weighted by atomic mass is 10.1. The van der Waals surface area contributed by atoms with E-state index in [0.29, 0.717) is 24.9 Å². The molecule has 3 heterocycles.